The summed E-state index contributed by atoms with van der Waals surface area (Å²) in [6.07, 6.45) is 0.829. The first-order valence-corrected chi connectivity index (χ1v) is 12.7. The number of carbonyl (C=O) groups is 1. The SMILES string of the molecule is CCOC(=O)c1ccc2c(c1)nc(SCc1cc(OC)cc(OC)c1)n2CCc1ccc(OC)cc1. The molecule has 0 fully saturated rings. The lowest BCUT2D eigenvalue weighted by Crippen LogP contribution is -2.05. The summed E-state index contributed by atoms with van der Waals surface area (Å²) in [5.74, 6) is 2.67. The molecule has 0 spiro atoms. The maximum Gasteiger partial charge on any atom is 0.338 e. The van der Waals surface area contributed by atoms with Crippen LogP contribution >= 0.6 is 11.8 Å². The summed E-state index contributed by atoms with van der Waals surface area (Å²) in [6, 6.07) is 19.5. The fraction of sp³-hybridized carbons (Fsp3) is 0.286. The predicted octanol–water partition coefficient (Wildman–Crippen LogP) is 5.77. The molecule has 7 nitrogen and oxygen atoms in total. The lowest BCUT2D eigenvalue weighted by molar-refractivity contribution is 0.0526. The van der Waals surface area contributed by atoms with Gasteiger partial charge in [-0.05, 0) is 66.9 Å². The van der Waals surface area contributed by atoms with Gasteiger partial charge in [-0.25, -0.2) is 9.78 Å². The summed E-state index contributed by atoms with van der Waals surface area (Å²) in [5, 5.41) is 0.876. The summed E-state index contributed by atoms with van der Waals surface area (Å²) in [4.78, 5) is 17.2. The molecule has 0 amide bonds. The molecule has 0 aliphatic rings. The van der Waals surface area contributed by atoms with Crippen molar-refractivity contribution < 1.29 is 23.7 Å². The first-order valence-electron chi connectivity index (χ1n) is 11.7. The molecule has 0 radical (unpaired) electrons. The minimum atomic E-state index is -0.343. The van der Waals surface area contributed by atoms with Crippen LogP contribution in [0.2, 0.25) is 0 Å². The standard InChI is InChI=1S/C28H30N2O5S/c1-5-35-27(31)21-8-11-26-25(16-21)29-28(30(26)13-12-19-6-9-22(32-2)10-7-19)36-18-20-14-23(33-3)17-24(15-20)34-4/h6-11,14-17H,5,12-13,18H2,1-4H3. The molecule has 0 aliphatic carbocycles. The van der Waals surface area contributed by atoms with E-state index >= 15 is 0 Å². The summed E-state index contributed by atoms with van der Waals surface area (Å²) in [5.41, 5.74) is 4.51. The molecule has 1 aromatic heterocycles. The van der Waals surface area contributed by atoms with E-state index in [1.807, 2.05) is 36.4 Å². The summed E-state index contributed by atoms with van der Waals surface area (Å²) in [6.45, 7) is 2.87. The molecule has 188 valence electrons. The van der Waals surface area contributed by atoms with Crippen molar-refractivity contribution in [2.24, 2.45) is 0 Å². The van der Waals surface area contributed by atoms with Crippen molar-refractivity contribution in [3.05, 3.63) is 77.4 Å². The fourth-order valence-corrected chi connectivity index (χ4v) is 4.88. The molecule has 0 bridgehead atoms. The molecular weight excluding hydrogens is 476 g/mol. The van der Waals surface area contributed by atoms with E-state index in [9.17, 15) is 4.79 Å². The number of imidazole rings is 1. The van der Waals surface area contributed by atoms with Crippen molar-refractivity contribution in [1.29, 1.82) is 0 Å². The number of nitrogens with zero attached hydrogens (tertiary/aromatic N) is 2. The third-order valence-electron chi connectivity index (χ3n) is 5.79. The fourth-order valence-electron chi connectivity index (χ4n) is 3.91. The van der Waals surface area contributed by atoms with Gasteiger partial charge in [0.05, 0.1) is 44.5 Å². The van der Waals surface area contributed by atoms with Crippen LogP contribution < -0.4 is 14.2 Å². The van der Waals surface area contributed by atoms with Crippen LogP contribution in [0, 0.1) is 0 Å². The molecule has 0 atom stereocenters. The number of benzene rings is 3. The predicted molar refractivity (Wildman–Crippen MR) is 141 cm³/mol. The van der Waals surface area contributed by atoms with Gasteiger partial charge in [-0.1, -0.05) is 23.9 Å². The van der Waals surface area contributed by atoms with Crippen molar-refractivity contribution in [3.8, 4) is 17.2 Å². The van der Waals surface area contributed by atoms with Crippen molar-refractivity contribution >= 4 is 28.8 Å². The van der Waals surface area contributed by atoms with E-state index in [-0.39, 0.29) is 5.97 Å². The maximum absolute atomic E-state index is 12.3. The van der Waals surface area contributed by atoms with Crippen LogP contribution in [0.25, 0.3) is 11.0 Å². The Labute approximate surface area is 215 Å². The Bertz CT molecular complexity index is 1310. The number of thioether (sulfide) groups is 1. The number of esters is 1. The highest BCUT2D eigenvalue weighted by molar-refractivity contribution is 7.98. The Balaban J connectivity index is 1.63. The molecule has 4 aromatic rings. The Kier molecular flexibility index (Phi) is 8.38. The molecule has 4 rings (SSSR count). The normalized spacial score (nSPS) is 10.9. The average molecular weight is 507 g/mol. The molecule has 8 heteroatoms. The lowest BCUT2D eigenvalue weighted by Gasteiger charge is -2.11. The molecule has 36 heavy (non-hydrogen) atoms. The van der Waals surface area contributed by atoms with Crippen molar-refractivity contribution in [2.45, 2.75) is 30.8 Å². The van der Waals surface area contributed by atoms with Crippen LogP contribution in [0.3, 0.4) is 0 Å². The third-order valence-corrected chi connectivity index (χ3v) is 6.83. The molecule has 3 aromatic carbocycles. The summed E-state index contributed by atoms with van der Waals surface area (Å²) < 4.78 is 23.5. The number of rotatable bonds is 11. The Morgan fingerprint density at radius 2 is 1.56 bits per heavy atom. The van der Waals surface area contributed by atoms with Gasteiger partial charge in [0.15, 0.2) is 5.16 Å². The summed E-state index contributed by atoms with van der Waals surface area (Å²) >= 11 is 1.63. The maximum atomic E-state index is 12.3. The van der Waals surface area contributed by atoms with E-state index in [0.29, 0.717) is 17.9 Å². The highest BCUT2D eigenvalue weighted by Gasteiger charge is 2.15. The van der Waals surface area contributed by atoms with Gasteiger partial charge >= 0.3 is 5.97 Å². The number of aromatic nitrogens is 2. The minimum Gasteiger partial charge on any atom is -0.497 e. The first-order chi connectivity index (χ1) is 17.5. The zero-order valence-corrected chi connectivity index (χ0v) is 21.8. The molecule has 0 saturated carbocycles. The first kappa shape index (κ1) is 25.4. The third kappa shape index (κ3) is 5.94. The Morgan fingerprint density at radius 1 is 0.861 bits per heavy atom. The van der Waals surface area contributed by atoms with Crippen LogP contribution in [0.5, 0.6) is 17.2 Å². The van der Waals surface area contributed by atoms with Gasteiger partial charge in [0.2, 0.25) is 0 Å². The van der Waals surface area contributed by atoms with Crippen LogP contribution in [0.4, 0.5) is 0 Å². The van der Waals surface area contributed by atoms with E-state index < -0.39 is 0 Å². The zero-order valence-electron chi connectivity index (χ0n) is 20.9. The zero-order chi connectivity index (χ0) is 25.5. The van der Waals surface area contributed by atoms with Gasteiger partial charge < -0.3 is 23.5 Å². The second-order valence-electron chi connectivity index (χ2n) is 8.08. The van der Waals surface area contributed by atoms with Gasteiger partial charge in [-0.15, -0.1) is 0 Å². The largest absolute Gasteiger partial charge is 0.497 e. The number of carbonyl (C=O) groups excluding carboxylic acids is 1. The second kappa shape index (κ2) is 11.9. The van der Waals surface area contributed by atoms with E-state index in [4.69, 9.17) is 23.9 Å². The number of hydrogen-bond acceptors (Lipinski definition) is 7. The molecular formula is C28H30N2O5S. The number of fused-ring (bicyclic) bond motifs is 1. The number of aryl methyl sites for hydroxylation is 2. The van der Waals surface area contributed by atoms with E-state index in [0.717, 1.165) is 52.0 Å². The smallest absolute Gasteiger partial charge is 0.338 e. The van der Waals surface area contributed by atoms with Gasteiger partial charge in [-0.2, -0.15) is 0 Å². The molecule has 1 heterocycles. The monoisotopic (exact) mass is 506 g/mol. The van der Waals surface area contributed by atoms with Crippen molar-refractivity contribution in [2.75, 3.05) is 27.9 Å². The quantitative estimate of drug-likeness (QED) is 0.189. The van der Waals surface area contributed by atoms with Gasteiger partial charge in [0.1, 0.15) is 17.2 Å². The van der Waals surface area contributed by atoms with Gasteiger partial charge in [-0.3, -0.25) is 0 Å². The Morgan fingerprint density at radius 3 is 2.19 bits per heavy atom. The van der Waals surface area contributed by atoms with Gasteiger partial charge in [0.25, 0.3) is 0 Å². The minimum absolute atomic E-state index is 0.332. The van der Waals surface area contributed by atoms with E-state index in [1.165, 1.54) is 5.56 Å². The van der Waals surface area contributed by atoms with Crippen LogP contribution in [-0.2, 0) is 23.5 Å². The van der Waals surface area contributed by atoms with E-state index in [2.05, 4.69) is 16.7 Å². The number of ether oxygens (including phenoxy) is 4. The molecule has 0 saturated heterocycles. The Hall–Kier alpha value is -3.65. The van der Waals surface area contributed by atoms with Crippen LogP contribution in [0.1, 0.15) is 28.4 Å². The second-order valence-corrected chi connectivity index (χ2v) is 9.02. The van der Waals surface area contributed by atoms with Gasteiger partial charge in [0, 0.05) is 18.4 Å². The van der Waals surface area contributed by atoms with Crippen LogP contribution in [-0.4, -0.2) is 43.5 Å². The molecule has 0 N–H and O–H groups in total. The lowest BCUT2D eigenvalue weighted by atomic mass is 10.1. The molecule has 0 aliphatic heterocycles. The summed E-state index contributed by atoms with van der Waals surface area (Å²) in [7, 11) is 4.95. The van der Waals surface area contributed by atoms with Crippen molar-refractivity contribution in [3.63, 3.8) is 0 Å². The number of methoxy groups -OCH3 is 3. The van der Waals surface area contributed by atoms with E-state index in [1.54, 1.807) is 52.1 Å². The average Bonchev–Trinajstić information content (AvgIpc) is 3.27. The van der Waals surface area contributed by atoms with Crippen molar-refractivity contribution in [1.82, 2.24) is 9.55 Å². The molecule has 0 unspecified atom stereocenters. The topological polar surface area (TPSA) is 71.8 Å². The highest BCUT2D eigenvalue weighted by Crippen LogP contribution is 2.31. The number of hydrogen-bond donors (Lipinski definition) is 0. The van der Waals surface area contributed by atoms with Crippen LogP contribution in [0.15, 0.2) is 65.8 Å². The highest BCUT2D eigenvalue weighted by atomic mass is 32.2.